The number of hydrogen-bond acceptors (Lipinski definition) is 4. The van der Waals surface area contributed by atoms with E-state index in [-0.39, 0.29) is 11.4 Å². The zero-order chi connectivity index (χ0) is 12.8. The van der Waals surface area contributed by atoms with E-state index >= 15 is 0 Å². The quantitative estimate of drug-likeness (QED) is 0.601. The lowest BCUT2D eigenvalue weighted by Gasteiger charge is -2.11. The first-order valence-corrected chi connectivity index (χ1v) is 5.36. The van der Waals surface area contributed by atoms with E-state index < -0.39 is 16.9 Å². The molecule has 17 heavy (non-hydrogen) atoms. The second kappa shape index (κ2) is 5.95. The third-order valence-electron chi connectivity index (χ3n) is 2.30. The van der Waals surface area contributed by atoms with Crippen LogP contribution < -0.4 is 11.1 Å². The fourth-order valence-electron chi connectivity index (χ4n) is 1.41. The lowest BCUT2D eigenvalue weighted by molar-refractivity contribution is -0.383. The summed E-state index contributed by atoms with van der Waals surface area (Å²) in [4.78, 5) is 21.8. The first kappa shape index (κ1) is 13.1. The van der Waals surface area contributed by atoms with Gasteiger partial charge in [0.2, 0.25) is 5.91 Å². The topological polar surface area (TPSA) is 98.3 Å². The molecule has 6 nitrogen and oxygen atoms in total. The van der Waals surface area contributed by atoms with Gasteiger partial charge in [-0.25, -0.2) is 0 Å². The number of nitrogens with one attached hydrogen (secondary N) is 1. The van der Waals surface area contributed by atoms with Crippen LogP contribution in [0.15, 0.2) is 24.3 Å². The van der Waals surface area contributed by atoms with Crippen molar-refractivity contribution < 1.29 is 9.72 Å². The summed E-state index contributed by atoms with van der Waals surface area (Å²) >= 11 is 0. The van der Waals surface area contributed by atoms with Crippen molar-refractivity contribution in [1.29, 1.82) is 0 Å². The molecule has 0 aliphatic carbocycles. The van der Waals surface area contributed by atoms with Gasteiger partial charge < -0.3 is 11.1 Å². The molecule has 1 rings (SSSR count). The molecule has 0 saturated heterocycles. The van der Waals surface area contributed by atoms with Crippen molar-refractivity contribution in [1.82, 2.24) is 0 Å². The van der Waals surface area contributed by atoms with Gasteiger partial charge in [-0.3, -0.25) is 14.9 Å². The molecule has 0 saturated carbocycles. The van der Waals surface area contributed by atoms with Crippen molar-refractivity contribution in [2.75, 3.05) is 5.32 Å². The van der Waals surface area contributed by atoms with E-state index in [1.807, 2.05) is 6.92 Å². The number of hydrogen-bond donors (Lipinski definition) is 2. The lowest BCUT2D eigenvalue weighted by Crippen LogP contribution is -2.35. The summed E-state index contributed by atoms with van der Waals surface area (Å²) < 4.78 is 0. The van der Waals surface area contributed by atoms with Crippen LogP contribution in [0.3, 0.4) is 0 Å². The molecule has 0 heterocycles. The molecular formula is C11H15N3O3. The van der Waals surface area contributed by atoms with Gasteiger partial charge in [-0.15, -0.1) is 0 Å². The second-order valence-corrected chi connectivity index (χ2v) is 3.66. The Morgan fingerprint density at radius 1 is 1.53 bits per heavy atom. The summed E-state index contributed by atoms with van der Waals surface area (Å²) in [7, 11) is 0. The van der Waals surface area contributed by atoms with Crippen molar-refractivity contribution in [3.63, 3.8) is 0 Å². The van der Waals surface area contributed by atoms with Crippen molar-refractivity contribution in [3.8, 4) is 0 Å². The van der Waals surface area contributed by atoms with Crippen molar-refractivity contribution >= 4 is 17.3 Å². The van der Waals surface area contributed by atoms with E-state index in [4.69, 9.17) is 5.73 Å². The van der Waals surface area contributed by atoms with Crippen LogP contribution in [-0.2, 0) is 4.79 Å². The van der Waals surface area contributed by atoms with Gasteiger partial charge in [0.15, 0.2) is 0 Å². The van der Waals surface area contributed by atoms with Gasteiger partial charge in [-0.2, -0.15) is 0 Å². The Balaban J connectivity index is 2.81. The first-order chi connectivity index (χ1) is 8.06. The number of anilines is 1. The van der Waals surface area contributed by atoms with Crippen molar-refractivity contribution in [3.05, 3.63) is 34.4 Å². The van der Waals surface area contributed by atoms with E-state index in [9.17, 15) is 14.9 Å². The van der Waals surface area contributed by atoms with Gasteiger partial charge in [0, 0.05) is 6.07 Å². The summed E-state index contributed by atoms with van der Waals surface area (Å²) in [6.45, 7) is 1.91. The number of para-hydroxylation sites is 2. The molecule has 1 atom stereocenters. The Labute approximate surface area is 99.0 Å². The first-order valence-electron chi connectivity index (χ1n) is 5.36. The number of nitrogens with zero attached hydrogens (tertiary/aromatic N) is 1. The maximum Gasteiger partial charge on any atom is 0.292 e. The van der Waals surface area contributed by atoms with Crippen molar-refractivity contribution in [2.24, 2.45) is 5.73 Å². The van der Waals surface area contributed by atoms with Crippen LogP contribution in [0.1, 0.15) is 19.8 Å². The normalized spacial score (nSPS) is 11.9. The van der Waals surface area contributed by atoms with Crippen LogP contribution >= 0.6 is 0 Å². The molecular weight excluding hydrogens is 222 g/mol. The van der Waals surface area contributed by atoms with E-state index in [0.29, 0.717) is 6.42 Å². The molecule has 0 aliphatic rings. The summed E-state index contributed by atoms with van der Waals surface area (Å²) in [5, 5.41) is 13.2. The molecule has 1 unspecified atom stereocenters. The molecule has 0 radical (unpaired) electrons. The van der Waals surface area contributed by atoms with Crippen LogP contribution in [0, 0.1) is 10.1 Å². The number of amides is 1. The minimum Gasteiger partial charge on any atom is -0.320 e. The zero-order valence-corrected chi connectivity index (χ0v) is 9.55. The van der Waals surface area contributed by atoms with E-state index in [0.717, 1.165) is 6.42 Å². The maximum absolute atomic E-state index is 11.6. The minimum atomic E-state index is -0.639. The third kappa shape index (κ3) is 3.53. The number of carbonyl (C=O) groups excluding carboxylic acids is 1. The Hall–Kier alpha value is -1.95. The van der Waals surface area contributed by atoms with E-state index in [2.05, 4.69) is 5.32 Å². The predicted octanol–water partition coefficient (Wildman–Crippen LogP) is 1.66. The van der Waals surface area contributed by atoms with Crippen LogP contribution in [-0.4, -0.2) is 16.9 Å². The molecule has 6 heteroatoms. The molecule has 1 aromatic carbocycles. The SMILES string of the molecule is CCCC(N)C(=O)Nc1ccccc1[N+](=O)[O-]. The molecule has 3 N–H and O–H groups in total. The van der Waals surface area contributed by atoms with Gasteiger partial charge in [0.05, 0.1) is 11.0 Å². The van der Waals surface area contributed by atoms with E-state index in [1.165, 1.54) is 12.1 Å². The molecule has 0 bridgehead atoms. The Bertz CT molecular complexity index is 420. The fourth-order valence-corrected chi connectivity index (χ4v) is 1.41. The average Bonchev–Trinajstić information content (AvgIpc) is 2.29. The Morgan fingerprint density at radius 2 is 2.18 bits per heavy atom. The van der Waals surface area contributed by atoms with Crippen LogP contribution in [0.25, 0.3) is 0 Å². The van der Waals surface area contributed by atoms with Crippen LogP contribution in [0.5, 0.6) is 0 Å². The molecule has 0 spiro atoms. The highest BCUT2D eigenvalue weighted by molar-refractivity contribution is 5.96. The molecule has 0 fully saturated rings. The molecule has 0 aromatic heterocycles. The lowest BCUT2D eigenvalue weighted by atomic mass is 10.1. The second-order valence-electron chi connectivity index (χ2n) is 3.66. The zero-order valence-electron chi connectivity index (χ0n) is 9.55. The monoisotopic (exact) mass is 237 g/mol. The van der Waals surface area contributed by atoms with Gasteiger partial charge in [0.1, 0.15) is 5.69 Å². The number of benzene rings is 1. The largest absolute Gasteiger partial charge is 0.320 e. The summed E-state index contributed by atoms with van der Waals surface area (Å²) in [6, 6.07) is 5.34. The van der Waals surface area contributed by atoms with Crippen molar-refractivity contribution in [2.45, 2.75) is 25.8 Å². The molecule has 1 aromatic rings. The average molecular weight is 237 g/mol. The van der Waals surface area contributed by atoms with Crippen LogP contribution in [0.2, 0.25) is 0 Å². The minimum absolute atomic E-state index is 0.135. The molecule has 92 valence electrons. The highest BCUT2D eigenvalue weighted by atomic mass is 16.6. The fraction of sp³-hybridized carbons (Fsp3) is 0.364. The van der Waals surface area contributed by atoms with Crippen LogP contribution in [0.4, 0.5) is 11.4 Å². The predicted molar refractivity (Wildman–Crippen MR) is 64.6 cm³/mol. The van der Waals surface area contributed by atoms with E-state index in [1.54, 1.807) is 12.1 Å². The number of rotatable bonds is 5. The standard InChI is InChI=1S/C11H15N3O3/c1-2-5-8(12)11(15)13-9-6-3-4-7-10(9)14(16)17/h3-4,6-8H,2,5,12H2,1H3,(H,13,15). The number of nitro benzene ring substituents is 1. The number of carbonyl (C=O) groups is 1. The van der Waals surface area contributed by atoms with Gasteiger partial charge in [-0.05, 0) is 12.5 Å². The highest BCUT2D eigenvalue weighted by Gasteiger charge is 2.18. The molecule has 0 aliphatic heterocycles. The Kier molecular flexibility index (Phi) is 4.59. The summed E-state index contributed by atoms with van der Waals surface area (Å²) in [5.74, 6) is -0.402. The third-order valence-corrected chi connectivity index (χ3v) is 2.30. The number of nitrogens with two attached hydrogens (primary N) is 1. The Morgan fingerprint density at radius 3 is 2.76 bits per heavy atom. The van der Waals surface area contributed by atoms with Gasteiger partial charge >= 0.3 is 0 Å². The highest BCUT2D eigenvalue weighted by Crippen LogP contribution is 2.23. The summed E-state index contributed by atoms with van der Waals surface area (Å²) in [6.07, 6.45) is 1.33. The number of nitro groups is 1. The summed E-state index contributed by atoms with van der Waals surface area (Å²) in [5.41, 5.74) is 5.66. The van der Waals surface area contributed by atoms with Gasteiger partial charge in [0.25, 0.3) is 5.69 Å². The smallest absolute Gasteiger partial charge is 0.292 e. The maximum atomic E-state index is 11.6. The molecule has 1 amide bonds. The van der Waals surface area contributed by atoms with Gasteiger partial charge in [-0.1, -0.05) is 25.5 Å².